The molecule has 0 amide bonds. The highest BCUT2D eigenvalue weighted by Crippen LogP contribution is 2.45. The largest absolute Gasteiger partial charge is 0.326 e. The predicted molar refractivity (Wildman–Crippen MR) is 85.8 cm³/mol. The summed E-state index contributed by atoms with van der Waals surface area (Å²) in [4.78, 5) is 6.20. The molecule has 2 unspecified atom stereocenters. The molecule has 1 fully saturated rings. The first-order valence-electron chi connectivity index (χ1n) is 6.37. The van der Waals surface area contributed by atoms with E-state index in [0.29, 0.717) is 17.0 Å². The van der Waals surface area contributed by atoms with Crippen molar-refractivity contribution in [3.05, 3.63) is 15.6 Å². The average Bonchev–Trinajstić information content (AvgIpc) is 2.73. The van der Waals surface area contributed by atoms with Crippen LogP contribution in [0.1, 0.15) is 48.5 Å². The molecule has 102 valence electrons. The van der Waals surface area contributed by atoms with E-state index >= 15 is 0 Å². The molecule has 0 saturated carbocycles. The molecule has 1 aliphatic rings. The van der Waals surface area contributed by atoms with Crippen molar-refractivity contribution in [2.75, 3.05) is 11.5 Å². The summed E-state index contributed by atoms with van der Waals surface area (Å²) in [6.07, 6.45) is 0. The summed E-state index contributed by atoms with van der Waals surface area (Å²) in [5.41, 5.74) is 7.18. The van der Waals surface area contributed by atoms with Crippen LogP contribution >= 0.6 is 34.9 Å². The van der Waals surface area contributed by atoms with Crippen LogP contribution < -0.4 is 5.73 Å². The van der Waals surface area contributed by atoms with Gasteiger partial charge in [0.15, 0.2) is 0 Å². The van der Waals surface area contributed by atoms with Crippen LogP contribution in [-0.4, -0.2) is 21.7 Å². The lowest BCUT2D eigenvalue weighted by atomic mass is 9.91. The third-order valence-corrected chi connectivity index (χ3v) is 7.45. The van der Waals surface area contributed by atoms with Crippen LogP contribution in [-0.2, 0) is 12.0 Å². The highest BCUT2D eigenvalue weighted by atomic mass is 32.2. The Bertz CT molecular complexity index is 409. The van der Waals surface area contributed by atoms with Crippen molar-refractivity contribution in [1.82, 2.24) is 4.98 Å². The zero-order valence-corrected chi connectivity index (χ0v) is 14.0. The minimum atomic E-state index is 0.0964. The van der Waals surface area contributed by atoms with Gasteiger partial charge >= 0.3 is 0 Å². The molecule has 18 heavy (non-hydrogen) atoms. The Labute approximate surface area is 123 Å². The lowest BCUT2D eigenvalue weighted by Gasteiger charge is -2.26. The van der Waals surface area contributed by atoms with E-state index < -0.39 is 0 Å². The normalized spacial score (nSPS) is 25.4. The van der Waals surface area contributed by atoms with Crippen molar-refractivity contribution >= 4 is 34.9 Å². The fraction of sp³-hybridized carbons (Fsp3) is 0.769. The molecule has 2 N–H and O–H groups in total. The minimum absolute atomic E-state index is 0.0964. The van der Waals surface area contributed by atoms with Crippen LogP contribution in [0.2, 0.25) is 0 Å². The van der Waals surface area contributed by atoms with Crippen LogP contribution in [0.4, 0.5) is 0 Å². The second kappa shape index (κ2) is 5.73. The number of hydrogen-bond acceptors (Lipinski definition) is 5. The smallest absolute Gasteiger partial charge is 0.107 e. The lowest BCUT2D eigenvalue weighted by Crippen LogP contribution is -2.17. The predicted octanol–water partition coefficient (Wildman–Crippen LogP) is 3.81. The third-order valence-electron chi connectivity index (χ3n) is 3.04. The van der Waals surface area contributed by atoms with Crippen molar-refractivity contribution in [1.29, 1.82) is 0 Å². The van der Waals surface area contributed by atoms with Gasteiger partial charge in [-0.05, 0) is 0 Å². The molecular formula is C13H22N2S3. The number of nitrogens with two attached hydrogens (primary N) is 1. The van der Waals surface area contributed by atoms with Gasteiger partial charge in [-0.25, -0.2) is 4.98 Å². The number of aromatic nitrogens is 1. The van der Waals surface area contributed by atoms with E-state index in [1.807, 2.05) is 11.3 Å². The quantitative estimate of drug-likeness (QED) is 0.901. The molecule has 2 nitrogen and oxygen atoms in total. The molecule has 0 spiro atoms. The van der Waals surface area contributed by atoms with Crippen molar-refractivity contribution in [2.45, 2.75) is 50.2 Å². The number of rotatable bonds is 2. The summed E-state index contributed by atoms with van der Waals surface area (Å²) in [6, 6.07) is 0. The topological polar surface area (TPSA) is 38.9 Å². The first-order chi connectivity index (χ1) is 8.43. The highest BCUT2D eigenvalue weighted by Gasteiger charge is 2.30. The first kappa shape index (κ1) is 14.7. The number of thiazole rings is 1. The zero-order valence-electron chi connectivity index (χ0n) is 11.5. The second-order valence-corrected chi connectivity index (χ2v) is 9.50. The van der Waals surface area contributed by atoms with E-state index in [4.69, 9.17) is 10.7 Å². The van der Waals surface area contributed by atoms with E-state index in [1.54, 1.807) is 0 Å². The Hall–Kier alpha value is 0.290. The lowest BCUT2D eigenvalue weighted by molar-refractivity contribution is 0.564. The van der Waals surface area contributed by atoms with Gasteiger partial charge in [0.05, 0.1) is 10.9 Å². The monoisotopic (exact) mass is 302 g/mol. The summed E-state index contributed by atoms with van der Waals surface area (Å²) < 4.78 is 0. The fourth-order valence-electron chi connectivity index (χ4n) is 2.12. The van der Waals surface area contributed by atoms with E-state index in [-0.39, 0.29) is 5.41 Å². The zero-order chi connectivity index (χ0) is 13.3. The van der Waals surface area contributed by atoms with E-state index in [1.165, 1.54) is 27.1 Å². The molecule has 2 heterocycles. The second-order valence-electron chi connectivity index (χ2n) is 5.65. The average molecular weight is 303 g/mol. The molecular weight excluding hydrogens is 280 g/mol. The molecule has 0 aliphatic carbocycles. The maximum atomic E-state index is 5.88. The standard InChI is InChI=1S/C13H22N2S3/c1-8-10(17-6-5-16-8)12-15-11(13(2,3)4)9(7-14)18-12/h8,10H,5-7,14H2,1-4H3. The number of hydrogen-bond donors (Lipinski definition) is 1. The Balaban J connectivity index is 2.31. The molecule has 5 heteroatoms. The fourth-order valence-corrected chi connectivity index (χ4v) is 6.43. The molecule has 1 saturated heterocycles. The summed E-state index contributed by atoms with van der Waals surface area (Å²) in [6.45, 7) is 9.59. The van der Waals surface area contributed by atoms with Crippen molar-refractivity contribution < 1.29 is 0 Å². The highest BCUT2D eigenvalue weighted by molar-refractivity contribution is 8.06. The van der Waals surface area contributed by atoms with Gasteiger partial charge in [-0.2, -0.15) is 11.8 Å². The van der Waals surface area contributed by atoms with Crippen LogP contribution in [0.15, 0.2) is 0 Å². The Kier molecular flexibility index (Phi) is 4.68. The van der Waals surface area contributed by atoms with Crippen molar-refractivity contribution in [3.63, 3.8) is 0 Å². The van der Waals surface area contributed by atoms with Crippen molar-refractivity contribution in [2.24, 2.45) is 5.73 Å². The van der Waals surface area contributed by atoms with E-state index in [9.17, 15) is 0 Å². The van der Waals surface area contributed by atoms with Gasteiger partial charge in [0.1, 0.15) is 5.01 Å². The summed E-state index contributed by atoms with van der Waals surface area (Å²) >= 11 is 5.95. The molecule has 2 atom stereocenters. The Morgan fingerprint density at radius 3 is 2.44 bits per heavy atom. The number of nitrogens with zero attached hydrogens (tertiary/aromatic N) is 1. The SMILES string of the molecule is CC1SCCSC1c1nc(C(C)(C)C)c(CN)s1. The van der Waals surface area contributed by atoms with Gasteiger partial charge in [-0.15, -0.1) is 23.1 Å². The van der Waals surface area contributed by atoms with Gasteiger partial charge in [0, 0.05) is 33.6 Å². The van der Waals surface area contributed by atoms with Crippen LogP contribution in [0, 0.1) is 0 Å². The van der Waals surface area contributed by atoms with Crippen LogP contribution in [0.5, 0.6) is 0 Å². The molecule has 1 aliphatic heterocycles. The molecule has 2 rings (SSSR count). The molecule has 0 radical (unpaired) electrons. The summed E-state index contributed by atoms with van der Waals surface area (Å²) in [5, 5.41) is 2.49. The van der Waals surface area contributed by atoms with Crippen LogP contribution in [0.3, 0.4) is 0 Å². The maximum Gasteiger partial charge on any atom is 0.107 e. The number of thioether (sulfide) groups is 2. The van der Waals surface area contributed by atoms with E-state index in [2.05, 4.69) is 51.2 Å². The van der Waals surface area contributed by atoms with Gasteiger partial charge in [-0.1, -0.05) is 27.7 Å². The summed E-state index contributed by atoms with van der Waals surface area (Å²) in [5.74, 6) is 2.51. The van der Waals surface area contributed by atoms with Crippen LogP contribution in [0.25, 0.3) is 0 Å². The Morgan fingerprint density at radius 1 is 1.28 bits per heavy atom. The van der Waals surface area contributed by atoms with Crippen molar-refractivity contribution in [3.8, 4) is 0 Å². The summed E-state index contributed by atoms with van der Waals surface area (Å²) in [7, 11) is 0. The minimum Gasteiger partial charge on any atom is -0.326 e. The Morgan fingerprint density at radius 2 is 1.94 bits per heavy atom. The molecule has 0 bridgehead atoms. The third kappa shape index (κ3) is 3.06. The van der Waals surface area contributed by atoms with Gasteiger partial charge in [0.2, 0.25) is 0 Å². The van der Waals surface area contributed by atoms with Gasteiger partial charge in [0.25, 0.3) is 0 Å². The first-order valence-corrected chi connectivity index (χ1v) is 9.28. The molecule has 1 aromatic heterocycles. The molecule has 0 aromatic carbocycles. The maximum absolute atomic E-state index is 5.88. The molecule has 1 aromatic rings. The van der Waals surface area contributed by atoms with Gasteiger partial charge < -0.3 is 5.73 Å². The van der Waals surface area contributed by atoms with E-state index in [0.717, 1.165) is 0 Å². The van der Waals surface area contributed by atoms with Gasteiger partial charge in [-0.3, -0.25) is 0 Å².